The van der Waals surface area contributed by atoms with Crippen molar-refractivity contribution in [2.24, 2.45) is 0 Å². The Kier molecular flexibility index (Phi) is 7.50. The molecule has 2 fully saturated rings. The maximum absolute atomic E-state index is 9.10. The summed E-state index contributed by atoms with van der Waals surface area (Å²) in [6, 6.07) is 0.842. The van der Waals surface area contributed by atoms with E-state index in [2.05, 4.69) is 10.2 Å². The molecule has 2 aliphatic rings. The first-order valence-corrected chi connectivity index (χ1v) is 6.98. The first-order valence-electron chi connectivity index (χ1n) is 6.98. The van der Waals surface area contributed by atoms with Gasteiger partial charge in [0.25, 0.3) is 0 Å². The van der Waals surface area contributed by atoms with Crippen LogP contribution in [0.15, 0.2) is 0 Å². The number of likely N-dealkylation sites (tertiary alicyclic amines) is 1. The monoisotopic (exact) mass is 288 g/mol. The van der Waals surface area contributed by atoms with Crippen LogP contribution in [0.2, 0.25) is 0 Å². The fraction of sp³-hybridized carbons (Fsp3) is 0.846. The van der Waals surface area contributed by atoms with E-state index in [1.54, 1.807) is 0 Å². The number of methoxy groups -OCH3 is 1. The van der Waals surface area contributed by atoms with Gasteiger partial charge in [0, 0.05) is 26.2 Å². The molecule has 0 bridgehead atoms. The van der Waals surface area contributed by atoms with E-state index in [4.69, 9.17) is 24.5 Å². The van der Waals surface area contributed by atoms with Crippen LogP contribution in [0, 0.1) is 0 Å². The van der Waals surface area contributed by atoms with E-state index < -0.39 is 11.9 Å². The standard InChI is InChI=1S/C11H22N2O.C2H2O4/c1-14-11-4-8-13(9-5-11)10-2-6-12-7-3-10;3-1(4)2(5)6/h10-12H,2-9H2,1H3;(H,3,4)(H,5,6). The molecular weight excluding hydrogens is 264 g/mol. The molecule has 2 heterocycles. The molecule has 0 amide bonds. The number of aliphatic carboxylic acids is 2. The lowest BCUT2D eigenvalue weighted by Gasteiger charge is -2.39. The predicted octanol–water partition coefficient (Wildman–Crippen LogP) is 0.00480. The highest BCUT2D eigenvalue weighted by atomic mass is 16.5. The van der Waals surface area contributed by atoms with E-state index in [-0.39, 0.29) is 0 Å². The largest absolute Gasteiger partial charge is 0.473 e. The number of carboxylic acids is 2. The molecule has 2 saturated heterocycles. The second-order valence-electron chi connectivity index (χ2n) is 5.06. The van der Waals surface area contributed by atoms with Crippen LogP contribution in [-0.2, 0) is 14.3 Å². The minimum absolute atomic E-state index is 0.521. The highest BCUT2D eigenvalue weighted by Crippen LogP contribution is 2.19. The second-order valence-corrected chi connectivity index (χ2v) is 5.06. The van der Waals surface area contributed by atoms with Crippen molar-refractivity contribution in [2.75, 3.05) is 33.3 Å². The van der Waals surface area contributed by atoms with Crippen LogP contribution in [0.1, 0.15) is 25.7 Å². The Labute approximate surface area is 118 Å². The summed E-state index contributed by atoms with van der Waals surface area (Å²) in [5, 5.41) is 18.2. The quantitative estimate of drug-likeness (QED) is 0.615. The minimum atomic E-state index is -1.82. The first kappa shape index (κ1) is 16.9. The van der Waals surface area contributed by atoms with E-state index >= 15 is 0 Å². The van der Waals surface area contributed by atoms with Crippen molar-refractivity contribution in [3.05, 3.63) is 0 Å². The molecule has 0 radical (unpaired) electrons. The molecule has 2 aliphatic heterocycles. The smallest absolute Gasteiger partial charge is 0.414 e. The van der Waals surface area contributed by atoms with Gasteiger partial charge in [-0.3, -0.25) is 0 Å². The lowest BCUT2D eigenvalue weighted by molar-refractivity contribution is -0.159. The van der Waals surface area contributed by atoms with Crippen molar-refractivity contribution < 1.29 is 24.5 Å². The molecule has 0 aliphatic carbocycles. The van der Waals surface area contributed by atoms with Gasteiger partial charge in [0.15, 0.2) is 0 Å². The minimum Gasteiger partial charge on any atom is -0.473 e. The summed E-state index contributed by atoms with van der Waals surface area (Å²) in [4.78, 5) is 20.9. The van der Waals surface area contributed by atoms with Crippen LogP contribution in [0.5, 0.6) is 0 Å². The number of hydrogen-bond acceptors (Lipinski definition) is 5. The second kappa shape index (κ2) is 8.89. The molecule has 2 rings (SSSR count). The molecular formula is C13H24N2O5. The first-order chi connectivity index (χ1) is 9.54. The normalized spacial score (nSPS) is 21.9. The van der Waals surface area contributed by atoms with Gasteiger partial charge >= 0.3 is 11.9 Å². The maximum Gasteiger partial charge on any atom is 0.414 e. The van der Waals surface area contributed by atoms with E-state index in [1.807, 2.05) is 7.11 Å². The average molecular weight is 288 g/mol. The van der Waals surface area contributed by atoms with Gasteiger partial charge in [-0.15, -0.1) is 0 Å². The Morgan fingerprint density at radius 3 is 1.95 bits per heavy atom. The topological polar surface area (TPSA) is 99.1 Å². The summed E-state index contributed by atoms with van der Waals surface area (Å²) in [7, 11) is 1.84. The Balaban J connectivity index is 0.000000286. The van der Waals surface area contributed by atoms with Gasteiger partial charge in [-0.2, -0.15) is 0 Å². The van der Waals surface area contributed by atoms with Crippen molar-refractivity contribution in [3.8, 4) is 0 Å². The SMILES string of the molecule is COC1CCN(C2CCNCC2)CC1.O=C(O)C(=O)O. The fourth-order valence-corrected chi connectivity index (χ4v) is 2.65. The van der Waals surface area contributed by atoms with Crippen LogP contribution in [0.25, 0.3) is 0 Å². The number of carbonyl (C=O) groups is 2. The lowest BCUT2D eigenvalue weighted by atomic mass is 10.00. The van der Waals surface area contributed by atoms with E-state index in [0.717, 1.165) is 6.04 Å². The van der Waals surface area contributed by atoms with Crippen LogP contribution in [-0.4, -0.2) is 72.5 Å². The molecule has 0 atom stereocenters. The van der Waals surface area contributed by atoms with Crippen molar-refractivity contribution in [3.63, 3.8) is 0 Å². The summed E-state index contributed by atoms with van der Waals surface area (Å²) < 4.78 is 5.39. The molecule has 0 aromatic heterocycles. The predicted molar refractivity (Wildman–Crippen MR) is 72.8 cm³/mol. The van der Waals surface area contributed by atoms with Gasteiger partial charge in [-0.25, -0.2) is 9.59 Å². The number of piperidine rings is 2. The summed E-state index contributed by atoms with van der Waals surface area (Å²) in [5.74, 6) is -3.65. The lowest BCUT2D eigenvalue weighted by Crippen LogP contribution is -2.47. The van der Waals surface area contributed by atoms with Crippen LogP contribution in [0.4, 0.5) is 0 Å². The zero-order valence-corrected chi connectivity index (χ0v) is 11.9. The molecule has 0 spiro atoms. The summed E-state index contributed by atoms with van der Waals surface area (Å²) in [6.45, 7) is 4.89. The van der Waals surface area contributed by atoms with Crippen LogP contribution in [0.3, 0.4) is 0 Å². The van der Waals surface area contributed by atoms with Crippen molar-refractivity contribution in [1.82, 2.24) is 10.2 Å². The third-order valence-corrected chi connectivity index (χ3v) is 3.82. The van der Waals surface area contributed by atoms with Gasteiger partial charge < -0.3 is 25.2 Å². The summed E-state index contributed by atoms with van der Waals surface area (Å²) >= 11 is 0. The van der Waals surface area contributed by atoms with Gasteiger partial charge in [-0.05, 0) is 38.8 Å². The van der Waals surface area contributed by atoms with Gasteiger partial charge in [0.2, 0.25) is 0 Å². The highest BCUT2D eigenvalue weighted by Gasteiger charge is 2.25. The highest BCUT2D eigenvalue weighted by molar-refractivity contribution is 6.27. The summed E-state index contributed by atoms with van der Waals surface area (Å²) in [5.41, 5.74) is 0. The van der Waals surface area contributed by atoms with Gasteiger partial charge in [-0.1, -0.05) is 0 Å². The Morgan fingerprint density at radius 2 is 1.55 bits per heavy atom. The van der Waals surface area contributed by atoms with Gasteiger partial charge in [0.05, 0.1) is 6.10 Å². The Hall–Kier alpha value is -1.18. The van der Waals surface area contributed by atoms with Crippen LogP contribution >= 0.6 is 0 Å². The third-order valence-electron chi connectivity index (χ3n) is 3.82. The number of carboxylic acid groups (broad SMARTS) is 2. The van der Waals surface area contributed by atoms with Crippen LogP contribution < -0.4 is 5.32 Å². The number of ether oxygens (including phenoxy) is 1. The number of hydrogen-bond donors (Lipinski definition) is 3. The Bertz CT molecular complexity index is 298. The third kappa shape index (κ3) is 5.85. The molecule has 7 nitrogen and oxygen atoms in total. The molecule has 0 aromatic rings. The van der Waals surface area contributed by atoms with Gasteiger partial charge in [0.1, 0.15) is 0 Å². The van der Waals surface area contributed by atoms with E-state index in [0.29, 0.717) is 6.10 Å². The number of nitrogens with zero attached hydrogens (tertiary/aromatic N) is 1. The molecule has 20 heavy (non-hydrogen) atoms. The van der Waals surface area contributed by atoms with Crippen molar-refractivity contribution >= 4 is 11.9 Å². The molecule has 0 aromatic carbocycles. The molecule has 7 heteroatoms. The zero-order chi connectivity index (χ0) is 15.0. The average Bonchev–Trinajstić information content (AvgIpc) is 2.49. The van der Waals surface area contributed by atoms with Crippen molar-refractivity contribution in [2.45, 2.75) is 37.8 Å². The fourth-order valence-electron chi connectivity index (χ4n) is 2.65. The molecule has 116 valence electrons. The Morgan fingerprint density at radius 1 is 1.05 bits per heavy atom. The molecule has 0 saturated carbocycles. The summed E-state index contributed by atoms with van der Waals surface area (Å²) in [6.07, 6.45) is 5.63. The molecule has 0 unspecified atom stereocenters. The van der Waals surface area contributed by atoms with Crippen molar-refractivity contribution in [1.29, 1.82) is 0 Å². The van der Waals surface area contributed by atoms with E-state index in [9.17, 15) is 0 Å². The molecule has 3 N–H and O–H groups in total. The van der Waals surface area contributed by atoms with E-state index in [1.165, 1.54) is 51.9 Å². The zero-order valence-electron chi connectivity index (χ0n) is 11.9. The maximum atomic E-state index is 9.10. The number of rotatable bonds is 2. The number of nitrogens with one attached hydrogen (secondary N) is 1.